The minimum atomic E-state index is 0.550. The van der Waals surface area contributed by atoms with E-state index in [4.69, 9.17) is 15.0 Å². The highest BCUT2D eigenvalue weighted by atomic mass is 15.0. The molecule has 0 aliphatic heterocycles. The van der Waals surface area contributed by atoms with E-state index in [0.717, 1.165) is 82.8 Å². The van der Waals surface area contributed by atoms with Crippen molar-refractivity contribution >= 4 is 43.6 Å². The van der Waals surface area contributed by atoms with Crippen LogP contribution in [0.25, 0.3) is 145 Å². The summed E-state index contributed by atoms with van der Waals surface area (Å²) in [7, 11) is 0. The van der Waals surface area contributed by atoms with E-state index >= 15 is 0 Å². The summed E-state index contributed by atoms with van der Waals surface area (Å²) in [4.78, 5) is 15.8. The highest BCUT2D eigenvalue weighted by Crippen LogP contribution is 2.47. The van der Waals surface area contributed by atoms with Crippen molar-refractivity contribution in [2.45, 2.75) is 83.1 Å². The van der Waals surface area contributed by atoms with Crippen molar-refractivity contribution in [1.29, 1.82) is 5.26 Å². The first-order valence-electron chi connectivity index (χ1n) is 32.5. The van der Waals surface area contributed by atoms with Gasteiger partial charge in [0.05, 0.1) is 45.1 Å². The predicted octanol–water partition coefficient (Wildman–Crippen LogP) is 23.0. The normalized spacial score (nSPS) is 11.6. The summed E-state index contributed by atoms with van der Waals surface area (Å²) in [6, 6.07) is 82.2. The second-order valence-electron chi connectivity index (χ2n) is 26.3. The summed E-state index contributed by atoms with van der Waals surface area (Å²) in [5, 5.41) is 15.6. The fraction of sp³-hybridized carbons (Fsp3) is 0.136. The van der Waals surface area contributed by atoms with Gasteiger partial charge in [0, 0.05) is 49.4 Å². The number of hydrogen-bond acceptors (Lipinski definition) is 4. The first-order chi connectivity index (χ1) is 45.5. The van der Waals surface area contributed by atoms with E-state index in [1.54, 1.807) is 0 Å². The number of rotatable bonds is 10. The molecule has 0 fully saturated rings. The van der Waals surface area contributed by atoms with Crippen LogP contribution in [0.5, 0.6) is 0 Å². The van der Waals surface area contributed by atoms with Crippen LogP contribution in [-0.4, -0.2) is 24.1 Å². The molecule has 0 radical (unpaired) electrons. The van der Waals surface area contributed by atoms with Crippen molar-refractivity contribution in [2.24, 2.45) is 0 Å². The van der Waals surface area contributed by atoms with Crippen LogP contribution in [0, 0.1) is 94.4 Å². The largest absolute Gasteiger partial charge is 0.309 e. The summed E-state index contributed by atoms with van der Waals surface area (Å²) in [6.45, 7) is 26.5. The molecular weight excluding hydrogens is 1140 g/mol. The first kappa shape index (κ1) is 59.1. The van der Waals surface area contributed by atoms with Gasteiger partial charge in [-0.05, 0) is 239 Å². The molecule has 15 rings (SSSR count). The summed E-state index contributed by atoms with van der Waals surface area (Å²) >= 11 is 0. The zero-order valence-electron chi connectivity index (χ0n) is 55.5. The molecule has 0 amide bonds. The molecule has 12 aromatic carbocycles. The van der Waals surface area contributed by atoms with Gasteiger partial charge in [-0.1, -0.05) is 174 Å². The summed E-state index contributed by atoms with van der Waals surface area (Å²) in [5.74, 6) is 1.72. The zero-order valence-corrected chi connectivity index (χ0v) is 55.5. The molecule has 0 unspecified atom stereocenters. The monoisotopic (exact) mass is 1210 g/mol. The maximum atomic E-state index is 11.1. The van der Waals surface area contributed by atoms with E-state index < -0.39 is 0 Å². The Hall–Kier alpha value is -11.3. The number of fused-ring (bicyclic) bond motifs is 6. The predicted molar refractivity (Wildman–Crippen MR) is 394 cm³/mol. The Kier molecular flexibility index (Phi) is 14.5. The molecule has 454 valence electrons. The van der Waals surface area contributed by atoms with Crippen molar-refractivity contribution in [3.63, 3.8) is 0 Å². The topological polar surface area (TPSA) is 72.3 Å². The number of benzene rings is 12. The Morgan fingerprint density at radius 3 is 0.851 bits per heavy atom. The lowest BCUT2D eigenvalue weighted by Gasteiger charge is -2.20. The Morgan fingerprint density at radius 2 is 0.543 bits per heavy atom. The number of nitrogens with zero attached hydrogens (tertiary/aromatic N) is 6. The number of aryl methyl sites for hydroxylation is 12. The molecule has 3 heterocycles. The van der Waals surface area contributed by atoms with E-state index in [0.29, 0.717) is 23.0 Å². The molecule has 0 aliphatic carbocycles. The van der Waals surface area contributed by atoms with Crippen LogP contribution in [-0.2, 0) is 0 Å². The van der Waals surface area contributed by atoms with Gasteiger partial charge in [0.2, 0.25) is 0 Å². The van der Waals surface area contributed by atoms with Gasteiger partial charge in [-0.15, -0.1) is 0 Å². The maximum Gasteiger partial charge on any atom is 0.164 e. The van der Waals surface area contributed by atoms with Crippen molar-refractivity contribution in [3.8, 4) is 107 Å². The second-order valence-corrected chi connectivity index (χ2v) is 26.3. The lowest BCUT2D eigenvalue weighted by Crippen LogP contribution is -2.04. The minimum absolute atomic E-state index is 0.550. The Labute approximate surface area is 550 Å². The van der Waals surface area contributed by atoms with Gasteiger partial charge in [-0.3, -0.25) is 0 Å². The lowest BCUT2D eigenvalue weighted by atomic mass is 9.91. The van der Waals surface area contributed by atoms with E-state index in [1.807, 2.05) is 42.5 Å². The quantitative estimate of drug-likeness (QED) is 0.137. The van der Waals surface area contributed by atoms with Gasteiger partial charge in [-0.2, -0.15) is 5.26 Å². The third-order valence-corrected chi connectivity index (χ3v) is 19.2. The summed E-state index contributed by atoms with van der Waals surface area (Å²) in [6.07, 6.45) is 0. The fourth-order valence-electron chi connectivity index (χ4n) is 15.8. The maximum absolute atomic E-state index is 11.1. The van der Waals surface area contributed by atoms with Gasteiger partial charge >= 0.3 is 0 Å². The molecule has 3 aromatic heterocycles. The first-order valence-corrected chi connectivity index (χ1v) is 32.5. The van der Waals surface area contributed by atoms with Crippen molar-refractivity contribution in [2.75, 3.05) is 0 Å². The molecule has 0 aliphatic rings. The molecular formula is C88H72N6. The average molecular weight is 1210 g/mol. The van der Waals surface area contributed by atoms with Gasteiger partial charge < -0.3 is 9.13 Å². The van der Waals surface area contributed by atoms with Crippen molar-refractivity contribution in [1.82, 2.24) is 24.1 Å². The van der Waals surface area contributed by atoms with Crippen LogP contribution in [0.2, 0.25) is 0 Å². The molecule has 0 saturated heterocycles. The standard InChI is InChI=1S/C88H72N6/c1-50-35-54(5)82(55(6)36-50)65-25-31-76-72(44-65)73-45-66(83-56(7)37-51(2)38-57(83)8)26-32-77(73)93(76)80-43-62(49-89)23-29-70(80)71-30-24-69(88-91-86(63-19-15-13-16-20-63)90-87(92-88)64-21-17-14-18-22-64)48-81(71)94-78-33-27-67(84-58(9)39-52(3)40-59(84)10)46-74(78)75-47-68(28-34-79(75)94)85-60(11)41-53(4)42-61(85)12/h13-48H,1-12H3. The number of nitriles is 1. The van der Waals surface area contributed by atoms with Crippen LogP contribution < -0.4 is 0 Å². The van der Waals surface area contributed by atoms with Crippen molar-refractivity contribution in [3.05, 3.63) is 291 Å². The van der Waals surface area contributed by atoms with Crippen LogP contribution in [0.1, 0.15) is 72.3 Å². The number of hydrogen-bond donors (Lipinski definition) is 0. The third kappa shape index (κ3) is 10.2. The molecule has 0 N–H and O–H groups in total. The van der Waals surface area contributed by atoms with Gasteiger partial charge in [-0.25, -0.2) is 15.0 Å². The van der Waals surface area contributed by atoms with Gasteiger partial charge in [0.1, 0.15) is 0 Å². The van der Waals surface area contributed by atoms with Crippen LogP contribution >= 0.6 is 0 Å². The van der Waals surface area contributed by atoms with Gasteiger partial charge in [0.15, 0.2) is 17.5 Å². The Balaban J connectivity index is 1.05. The van der Waals surface area contributed by atoms with E-state index in [9.17, 15) is 5.26 Å². The smallest absolute Gasteiger partial charge is 0.164 e. The van der Waals surface area contributed by atoms with Crippen molar-refractivity contribution < 1.29 is 0 Å². The lowest BCUT2D eigenvalue weighted by molar-refractivity contribution is 1.07. The molecule has 94 heavy (non-hydrogen) atoms. The minimum Gasteiger partial charge on any atom is -0.309 e. The Bertz CT molecular complexity index is 5310. The molecule has 0 atom stereocenters. The zero-order chi connectivity index (χ0) is 65.0. The van der Waals surface area contributed by atoms with Gasteiger partial charge in [0.25, 0.3) is 0 Å². The van der Waals surface area contributed by atoms with Crippen LogP contribution in [0.4, 0.5) is 0 Å². The third-order valence-electron chi connectivity index (χ3n) is 19.2. The van der Waals surface area contributed by atoms with E-state index in [1.165, 1.54) is 111 Å². The molecule has 0 bridgehead atoms. The molecule has 0 spiro atoms. The summed E-state index contributed by atoms with van der Waals surface area (Å²) in [5.41, 5.74) is 35.7. The average Bonchev–Trinajstić information content (AvgIpc) is 1.56. The highest BCUT2D eigenvalue weighted by molar-refractivity contribution is 6.14. The molecule has 6 nitrogen and oxygen atoms in total. The molecule has 0 saturated carbocycles. The molecule has 15 aromatic rings. The van der Waals surface area contributed by atoms with E-state index in [2.05, 4.69) is 274 Å². The second kappa shape index (κ2) is 23.1. The highest BCUT2D eigenvalue weighted by Gasteiger charge is 2.26. The summed E-state index contributed by atoms with van der Waals surface area (Å²) < 4.78 is 4.87. The SMILES string of the molecule is Cc1cc(C)c(-c2ccc3c(c2)c2cc(-c4c(C)cc(C)cc4C)ccc2n3-c2cc(C#N)ccc2-c2ccc(-c3nc(-c4ccccc4)nc(-c4ccccc4)n3)cc2-n2c3ccc(-c4c(C)cc(C)cc4C)cc3c3cc(-c4c(C)cc(C)cc4C)ccc32)c(C)c1. The Morgan fingerprint density at radius 1 is 0.266 bits per heavy atom. The van der Waals surface area contributed by atoms with Crippen LogP contribution in [0.15, 0.2) is 218 Å². The van der Waals surface area contributed by atoms with E-state index in [-0.39, 0.29) is 0 Å². The van der Waals surface area contributed by atoms with Crippen LogP contribution in [0.3, 0.4) is 0 Å². The number of aromatic nitrogens is 5. The fourth-order valence-corrected chi connectivity index (χ4v) is 15.8. The molecule has 6 heteroatoms.